The molecule has 1 rings (SSSR count). The molecule has 1 aromatic carbocycles. The van der Waals surface area contributed by atoms with Crippen LogP contribution in [0.1, 0.15) is 5.56 Å². The van der Waals surface area contributed by atoms with Crippen molar-refractivity contribution < 1.29 is 21.6 Å². The topological polar surface area (TPSA) is 114 Å². The third-order valence-corrected chi connectivity index (χ3v) is 6.13. The van der Waals surface area contributed by atoms with E-state index in [0.717, 1.165) is 0 Å². The van der Waals surface area contributed by atoms with E-state index in [1.54, 1.807) is 14.0 Å². The highest BCUT2D eigenvalue weighted by molar-refractivity contribution is 7.90. The summed E-state index contributed by atoms with van der Waals surface area (Å²) in [7, 11) is -4.40. The van der Waals surface area contributed by atoms with Crippen molar-refractivity contribution in [3.8, 4) is 0 Å². The second-order valence-electron chi connectivity index (χ2n) is 4.78. The SMILES string of the molecule is CNS(=O)(=O)c1ccc(S(=O)(=O)NCCNCCOC)cc1C. The van der Waals surface area contributed by atoms with Gasteiger partial charge in [0.2, 0.25) is 20.0 Å². The summed E-state index contributed by atoms with van der Waals surface area (Å²) in [6, 6.07) is 3.90. The van der Waals surface area contributed by atoms with Crippen molar-refractivity contribution in [2.24, 2.45) is 0 Å². The molecular formula is C13H23N3O5S2. The van der Waals surface area contributed by atoms with E-state index in [1.165, 1.54) is 25.2 Å². The van der Waals surface area contributed by atoms with Gasteiger partial charge in [0.25, 0.3) is 0 Å². The van der Waals surface area contributed by atoms with Gasteiger partial charge in [-0.2, -0.15) is 0 Å². The number of methoxy groups -OCH3 is 1. The summed E-state index contributed by atoms with van der Waals surface area (Å²) in [6.07, 6.45) is 0. The molecule has 0 saturated carbocycles. The zero-order valence-electron chi connectivity index (χ0n) is 13.4. The van der Waals surface area contributed by atoms with E-state index in [-0.39, 0.29) is 16.3 Å². The zero-order valence-corrected chi connectivity index (χ0v) is 15.1. The molecule has 8 nitrogen and oxygen atoms in total. The minimum Gasteiger partial charge on any atom is -0.383 e. The zero-order chi connectivity index (χ0) is 17.5. The molecule has 10 heteroatoms. The van der Waals surface area contributed by atoms with E-state index in [9.17, 15) is 16.8 Å². The predicted molar refractivity (Wildman–Crippen MR) is 87.4 cm³/mol. The summed E-state index contributed by atoms with van der Waals surface area (Å²) in [5.74, 6) is 0. The Labute approximate surface area is 137 Å². The maximum atomic E-state index is 12.2. The number of rotatable bonds is 10. The Balaban J connectivity index is 2.76. The van der Waals surface area contributed by atoms with Gasteiger partial charge in [-0.25, -0.2) is 26.3 Å². The lowest BCUT2D eigenvalue weighted by molar-refractivity contribution is 0.199. The lowest BCUT2D eigenvalue weighted by Gasteiger charge is -2.11. The molecule has 0 amide bonds. The Morgan fingerprint density at radius 3 is 2.30 bits per heavy atom. The normalized spacial score (nSPS) is 12.5. The van der Waals surface area contributed by atoms with Crippen molar-refractivity contribution in [1.29, 1.82) is 0 Å². The number of hydrogen-bond donors (Lipinski definition) is 3. The first-order chi connectivity index (χ1) is 10.7. The fraction of sp³-hybridized carbons (Fsp3) is 0.538. The first-order valence-corrected chi connectivity index (χ1v) is 9.95. The molecule has 0 aliphatic rings. The standard InChI is InChI=1S/C13H23N3O5S2/c1-11-10-12(4-5-13(11)23(19,20)14-2)22(17,18)16-7-6-15-8-9-21-3/h4-5,10,14-16H,6-9H2,1-3H3. The van der Waals surface area contributed by atoms with E-state index in [2.05, 4.69) is 14.8 Å². The number of aryl methyl sites for hydroxylation is 1. The van der Waals surface area contributed by atoms with Crippen molar-refractivity contribution in [3.63, 3.8) is 0 Å². The van der Waals surface area contributed by atoms with Gasteiger partial charge in [-0.05, 0) is 37.7 Å². The highest BCUT2D eigenvalue weighted by Gasteiger charge is 2.19. The lowest BCUT2D eigenvalue weighted by Crippen LogP contribution is -2.33. The van der Waals surface area contributed by atoms with E-state index < -0.39 is 20.0 Å². The van der Waals surface area contributed by atoms with E-state index >= 15 is 0 Å². The molecule has 0 radical (unpaired) electrons. The molecule has 132 valence electrons. The smallest absolute Gasteiger partial charge is 0.240 e. The largest absolute Gasteiger partial charge is 0.383 e. The van der Waals surface area contributed by atoms with Crippen LogP contribution in [0.3, 0.4) is 0 Å². The highest BCUT2D eigenvalue weighted by atomic mass is 32.2. The van der Waals surface area contributed by atoms with Crippen molar-refractivity contribution in [2.75, 3.05) is 40.4 Å². The average Bonchev–Trinajstić information content (AvgIpc) is 2.50. The van der Waals surface area contributed by atoms with Gasteiger partial charge >= 0.3 is 0 Å². The van der Waals surface area contributed by atoms with Gasteiger partial charge in [0.1, 0.15) is 0 Å². The molecule has 1 aromatic rings. The van der Waals surface area contributed by atoms with Gasteiger partial charge in [0.05, 0.1) is 16.4 Å². The van der Waals surface area contributed by atoms with Gasteiger partial charge in [-0.3, -0.25) is 0 Å². The molecule has 0 bridgehead atoms. The fourth-order valence-electron chi connectivity index (χ4n) is 1.86. The minimum absolute atomic E-state index is 0.0296. The second-order valence-corrected chi connectivity index (χ2v) is 8.40. The third-order valence-electron chi connectivity index (χ3n) is 3.09. The van der Waals surface area contributed by atoms with Gasteiger partial charge in [0, 0.05) is 26.7 Å². The minimum atomic E-state index is -3.68. The van der Waals surface area contributed by atoms with Crippen LogP contribution < -0.4 is 14.8 Å². The first-order valence-electron chi connectivity index (χ1n) is 6.98. The van der Waals surface area contributed by atoms with Gasteiger partial charge in [0.15, 0.2) is 0 Å². The Hall–Kier alpha value is -1.04. The van der Waals surface area contributed by atoms with Crippen molar-refractivity contribution in [2.45, 2.75) is 16.7 Å². The predicted octanol–water partition coefficient (Wildman–Crippen LogP) is -0.583. The molecule has 0 saturated heterocycles. The van der Waals surface area contributed by atoms with Crippen LogP contribution in [0.2, 0.25) is 0 Å². The number of benzene rings is 1. The Morgan fingerprint density at radius 2 is 1.74 bits per heavy atom. The molecule has 0 atom stereocenters. The van der Waals surface area contributed by atoms with Crippen LogP contribution in [0.4, 0.5) is 0 Å². The Bertz CT molecular complexity index is 717. The maximum absolute atomic E-state index is 12.2. The first kappa shape index (κ1) is 20.0. The molecule has 0 aromatic heterocycles. The van der Waals surface area contributed by atoms with Crippen LogP contribution in [-0.4, -0.2) is 57.2 Å². The summed E-state index contributed by atoms with van der Waals surface area (Å²) < 4.78 is 57.4. The van der Waals surface area contributed by atoms with Crippen LogP contribution in [0.25, 0.3) is 0 Å². The molecule has 3 N–H and O–H groups in total. The molecular weight excluding hydrogens is 342 g/mol. The third kappa shape index (κ3) is 5.83. The number of ether oxygens (including phenoxy) is 1. The average molecular weight is 365 g/mol. The summed E-state index contributed by atoms with van der Waals surface area (Å²) in [5.41, 5.74) is 0.362. The molecule has 0 aliphatic carbocycles. The summed E-state index contributed by atoms with van der Waals surface area (Å²) in [4.78, 5) is 0.0853. The van der Waals surface area contributed by atoms with E-state index in [1.807, 2.05) is 0 Å². The fourth-order valence-corrected chi connectivity index (χ4v) is 3.92. The van der Waals surface area contributed by atoms with Crippen LogP contribution in [0.5, 0.6) is 0 Å². The van der Waals surface area contributed by atoms with E-state index in [0.29, 0.717) is 25.3 Å². The van der Waals surface area contributed by atoms with Gasteiger partial charge in [-0.15, -0.1) is 0 Å². The summed E-state index contributed by atoms with van der Waals surface area (Å²) >= 11 is 0. The molecule has 0 heterocycles. The van der Waals surface area contributed by atoms with Crippen LogP contribution >= 0.6 is 0 Å². The number of nitrogens with one attached hydrogen (secondary N) is 3. The van der Waals surface area contributed by atoms with Crippen LogP contribution in [0, 0.1) is 6.92 Å². The number of sulfonamides is 2. The summed E-state index contributed by atoms with van der Waals surface area (Å²) in [6.45, 7) is 3.42. The highest BCUT2D eigenvalue weighted by Crippen LogP contribution is 2.19. The second kappa shape index (κ2) is 8.71. The van der Waals surface area contributed by atoms with E-state index in [4.69, 9.17) is 4.74 Å². The molecule has 0 aliphatic heterocycles. The van der Waals surface area contributed by atoms with Crippen molar-refractivity contribution >= 4 is 20.0 Å². The molecule has 23 heavy (non-hydrogen) atoms. The maximum Gasteiger partial charge on any atom is 0.240 e. The molecule has 0 spiro atoms. The van der Waals surface area contributed by atoms with Crippen LogP contribution in [0.15, 0.2) is 28.0 Å². The summed E-state index contributed by atoms with van der Waals surface area (Å²) in [5, 5.41) is 3.02. The van der Waals surface area contributed by atoms with Gasteiger partial charge in [-0.1, -0.05) is 0 Å². The molecule has 0 unspecified atom stereocenters. The quantitative estimate of drug-likeness (QED) is 0.478. The number of hydrogen-bond acceptors (Lipinski definition) is 6. The Kier molecular flexibility index (Phi) is 7.58. The van der Waals surface area contributed by atoms with Gasteiger partial charge < -0.3 is 10.1 Å². The lowest BCUT2D eigenvalue weighted by atomic mass is 10.2. The molecule has 0 fully saturated rings. The van der Waals surface area contributed by atoms with Crippen molar-refractivity contribution in [3.05, 3.63) is 23.8 Å². The monoisotopic (exact) mass is 365 g/mol. The van der Waals surface area contributed by atoms with Crippen molar-refractivity contribution in [1.82, 2.24) is 14.8 Å². The van der Waals surface area contributed by atoms with Crippen LogP contribution in [-0.2, 0) is 24.8 Å². The Morgan fingerprint density at radius 1 is 1.04 bits per heavy atom.